The van der Waals surface area contributed by atoms with E-state index in [0.29, 0.717) is 17.8 Å². The number of hydrogen-bond donors (Lipinski definition) is 2. The van der Waals surface area contributed by atoms with Crippen molar-refractivity contribution in [1.82, 2.24) is 0 Å². The number of nitrogens with zero attached hydrogens (tertiary/aromatic N) is 1. The van der Waals surface area contributed by atoms with Gasteiger partial charge in [-0.2, -0.15) is 0 Å². The highest BCUT2D eigenvalue weighted by atomic mass is 16.4. The summed E-state index contributed by atoms with van der Waals surface area (Å²) in [5.74, 6) is 5.47. The van der Waals surface area contributed by atoms with Crippen LogP contribution in [0.3, 0.4) is 0 Å². The summed E-state index contributed by atoms with van der Waals surface area (Å²) in [5, 5.41) is 23.7. The molecule has 3 nitrogen and oxygen atoms in total. The van der Waals surface area contributed by atoms with Gasteiger partial charge in [-0.3, -0.25) is 0 Å². The molecular formula is C21H29NO2. The third kappa shape index (κ3) is 1.99. The van der Waals surface area contributed by atoms with Crippen molar-refractivity contribution in [3.63, 3.8) is 0 Å². The molecule has 4 aliphatic carbocycles. The number of rotatable bonds is 1. The number of terminal acetylenes is 1. The smallest absolute Gasteiger partial charge is 0.131 e. The summed E-state index contributed by atoms with van der Waals surface area (Å²) in [7, 11) is 0. The zero-order valence-electron chi connectivity index (χ0n) is 14.7. The van der Waals surface area contributed by atoms with Crippen LogP contribution in [-0.4, -0.2) is 21.6 Å². The predicted molar refractivity (Wildman–Crippen MR) is 94.7 cm³/mol. The molecule has 24 heavy (non-hydrogen) atoms. The second kappa shape index (κ2) is 5.63. The molecule has 3 heteroatoms. The van der Waals surface area contributed by atoms with Crippen LogP contribution in [-0.2, 0) is 0 Å². The summed E-state index contributed by atoms with van der Waals surface area (Å²) in [5.41, 5.74) is 1.40. The van der Waals surface area contributed by atoms with Crippen LogP contribution in [0.25, 0.3) is 0 Å². The Morgan fingerprint density at radius 2 is 2.04 bits per heavy atom. The lowest BCUT2D eigenvalue weighted by atomic mass is 9.49. The summed E-state index contributed by atoms with van der Waals surface area (Å²) in [6.07, 6.45) is 17.4. The Morgan fingerprint density at radius 1 is 1.21 bits per heavy atom. The number of hydrogen-bond acceptors (Lipinski definition) is 3. The number of aliphatic hydroxyl groups is 1. The SMILES string of the molecule is C#C[C@]1(O)CC[C@H]2[C@@H]3CCC4=C/C(=N\O)CC[C@@H]4[C@H]3CC[C@@]21CC. The molecule has 6 atom stereocenters. The van der Waals surface area contributed by atoms with E-state index in [9.17, 15) is 5.11 Å². The van der Waals surface area contributed by atoms with Gasteiger partial charge in [0.2, 0.25) is 0 Å². The fourth-order valence-electron chi connectivity index (χ4n) is 7.05. The van der Waals surface area contributed by atoms with Crippen molar-refractivity contribution >= 4 is 5.71 Å². The predicted octanol–water partition coefficient (Wildman–Crippen LogP) is 4.14. The first kappa shape index (κ1) is 16.2. The maximum Gasteiger partial charge on any atom is 0.131 e. The molecular weight excluding hydrogens is 298 g/mol. The molecule has 0 radical (unpaired) electrons. The first-order chi connectivity index (χ1) is 11.6. The van der Waals surface area contributed by atoms with E-state index in [1.807, 2.05) is 0 Å². The van der Waals surface area contributed by atoms with Crippen molar-refractivity contribution in [2.24, 2.45) is 34.2 Å². The first-order valence-electron chi connectivity index (χ1n) is 9.70. The van der Waals surface area contributed by atoms with Gasteiger partial charge in [-0.1, -0.05) is 23.6 Å². The van der Waals surface area contributed by atoms with Gasteiger partial charge in [-0.15, -0.1) is 6.42 Å². The standard InChI is InChI=1S/C21H29NO2/c1-3-20-11-9-17-16-8-6-15(22-24)13-14(16)5-7-18(17)19(20)10-12-21(20,23)4-2/h2,13,16-19,23-24H,3,5-12H2,1H3/b22-15-/t16-,17+,18+,19-,20-,21-/m0/s1. The molecule has 4 aliphatic rings. The van der Waals surface area contributed by atoms with Crippen molar-refractivity contribution in [3.05, 3.63) is 11.6 Å². The lowest BCUT2D eigenvalue weighted by Crippen LogP contribution is -2.53. The maximum absolute atomic E-state index is 11.1. The molecule has 2 N–H and O–H groups in total. The van der Waals surface area contributed by atoms with Gasteiger partial charge in [-0.25, -0.2) is 0 Å². The molecule has 0 aromatic rings. The Labute approximate surface area is 145 Å². The van der Waals surface area contributed by atoms with E-state index < -0.39 is 5.60 Å². The van der Waals surface area contributed by atoms with E-state index in [2.05, 4.69) is 24.1 Å². The van der Waals surface area contributed by atoms with E-state index in [4.69, 9.17) is 11.6 Å². The van der Waals surface area contributed by atoms with Gasteiger partial charge in [0.05, 0.1) is 5.71 Å². The average Bonchev–Trinajstić information content (AvgIpc) is 2.94. The fraction of sp³-hybridized carbons (Fsp3) is 0.762. The highest BCUT2D eigenvalue weighted by molar-refractivity contribution is 5.96. The highest BCUT2D eigenvalue weighted by Crippen LogP contribution is 2.66. The van der Waals surface area contributed by atoms with Gasteiger partial charge < -0.3 is 10.3 Å². The van der Waals surface area contributed by atoms with Crippen LogP contribution in [0.15, 0.2) is 16.8 Å². The summed E-state index contributed by atoms with van der Waals surface area (Å²) in [6, 6.07) is 0. The van der Waals surface area contributed by atoms with Gasteiger partial charge in [0, 0.05) is 5.41 Å². The highest BCUT2D eigenvalue weighted by Gasteiger charge is 2.63. The quantitative estimate of drug-likeness (QED) is 0.432. The first-order valence-corrected chi connectivity index (χ1v) is 9.70. The van der Waals surface area contributed by atoms with Crippen LogP contribution >= 0.6 is 0 Å². The van der Waals surface area contributed by atoms with E-state index in [-0.39, 0.29) is 5.41 Å². The normalized spacial score (nSPS) is 48.9. The van der Waals surface area contributed by atoms with Crippen LogP contribution in [0.2, 0.25) is 0 Å². The van der Waals surface area contributed by atoms with Crippen molar-refractivity contribution in [2.45, 2.75) is 70.3 Å². The van der Waals surface area contributed by atoms with Crippen LogP contribution in [0.4, 0.5) is 0 Å². The lowest BCUT2D eigenvalue weighted by Gasteiger charge is -2.56. The summed E-state index contributed by atoms with van der Waals surface area (Å²) >= 11 is 0. The Bertz CT molecular complexity index is 630. The monoisotopic (exact) mass is 327 g/mol. The van der Waals surface area contributed by atoms with Gasteiger partial charge in [0.25, 0.3) is 0 Å². The Hall–Kier alpha value is -1.27. The van der Waals surface area contributed by atoms with E-state index in [0.717, 1.165) is 56.6 Å². The second-order valence-corrected chi connectivity index (χ2v) is 8.52. The van der Waals surface area contributed by atoms with Gasteiger partial charge in [0.15, 0.2) is 0 Å². The molecule has 130 valence electrons. The van der Waals surface area contributed by atoms with Crippen molar-refractivity contribution in [3.8, 4) is 12.3 Å². The maximum atomic E-state index is 11.1. The Kier molecular flexibility index (Phi) is 3.80. The third-order valence-corrected chi connectivity index (χ3v) is 8.16. The average molecular weight is 327 g/mol. The Morgan fingerprint density at radius 3 is 2.75 bits per heavy atom. The largest absolute Gasteiger partial charge is 0.411 e. The molecule has 0 unspecified atom stereocenters. The minimum Gasteiger partial charge on any atom is -0.411 e. The number of allylic oxidation sites excluding steroid dienone is 2. The van der Waals surface area contributed by atoms with E-state index in [1.165, 1.54) is 18.4 Å². The fourth-order valence-corrected chi connectivity index (χ4v) is 7.05. The number of oxime groups is 1. The number of fused-ring (bicyclic) bond motifs is 5. The van der Waals surface area contributed by atoms with Crippen molar-refractivity contribution in [2.75, 3.05) is 0 Å². The van der Waals surface area contributed by atoms with Crippen LogP contribution < -0.4 is 0 Å². The molecule has 0 bridgehead atoms. The molecule has 0 aromatic heterocycles. The van der Waals surface area contributed by atoms with Gasteiger partial charge >= 0.3 is 0 Å². The topological polar surface area (TPSA) is 52.8 Å². The molecule has 0 aromatic carbocycles. The zero-order valence-corrected chi connectivity index (χ0v) is 14.7. The molecule has 3 fully saturated rings. The van der Waals surface area contributed by atoms with Crippen LogP contribution in [0.5, 0.6) is 0 Å². The van der Waals surface area contributed by atoms with Crippen LogP contribution in [0.1, 0.15) is 64.7 Å². The van der Waals surface area contributed by atoms with Crippen molar-refractivity contribution < 1.29 is 10.3 Å². The molecule has 0 saturated heterocycles. The molecule has 4 rings (SSSR count). The van der Waals surface area contributed by atoms with E-state index in [1.54, 1.807) is 0 Å². The molecule has 0 amide bonds. The minimum atomic E-state index is -0.892. The molecule has 0 spiro atoms. The van der Waals surface area contributed by atoms with Crippen molar-refractivity contribution in [1.29, 1.82) is 0 Å². The zero-order chi connectivity index (χ0) is 16.9. The summed E-state index contributed by atoms with van der Waals surface area (Å²) < 4.78 is 0. The minimum absolute atomic E-state index is 0.0590. The second-order valence-electron chi connectivity index (χ2n) is 8.52. The van der Waals surface area contributed by atoms with E-state index >= 15 is 0 Å². The third-order valence-electron chi connectivity index (χ3n) is 8.16. The van der Waals surface area contributed by atoms with Gasteiger partial charge in [0.1, 0.15) is 5.60 Å². The summed E-state index contributed by atoms with van der Waals surface area (Å²) in [4.78, 5) is 0. The lowest BCUT2D eigenvalue weighted by molar-refractivity contribution is -0.0989. The molecule has 0 heterocycles. The van der Waals surface area contributed by atoms with Gasteiger partial charge in [-0.05, 0) is 87.5 Å². The summed E-state index contributed by atoms with van der Waals surface area (Å²) in [6.45, 7) is 2.22. The van der Waals surface area contributed by atoms with Crippen LogP contribution in [0, 0.1) is 41.4 Å². The Balaban J connectivity index is 1.65. The molecule has 3 saturated carbocycles. The molecule has 0 aliphatic heterocycles.